The highest BCUT2D eigenvalue weighted by atomic mass is 16.6. The third-order valence-corrected chi connectivity index (χ3v) is 3.22. The molecule has 0 amide bonds. The summed E-state index contributed by atoms with van der Waals surface area (Å²) in [5.41, 5.74) is 2.36. The lowest BCUT2D eigenvalue weighted by atomic mass is 10.1. The van der Waals surface area contributed by atoms with Gasteiger partial charge in [-0.1, -0.05) is 6.58 Å². The average molecular weight is 306 g/mol. The molecule has 1 aliphatic heterocycles. The van der Waals surface area contributed by atoms with Gasteiger partial charge in [0.15, 0.2) is 0 Å². The first-order chi connectivity index (χ1) is 10.5. The Morgan fingerprint density at radius 3 is 2.36 bits per heavy atom. The third kappa shape index (κ3) is 4.77. The van der Waals surface area contributed by atoms with Gasteiger partial charge in [0, 0.05) is 5.57 Å². The fraction of sp³-hybridized carbons (Fsp3) is 0.471. The predicted molar refractivity (Wildman–Crippen MR) is 82.4 cm³/mol. The van der Waals surface area contributed by atoms with E-state index in [1.807, 2.05) is 26.0 Å². The minimum Gasteiger partial charge on any atom is -0.491 e. The summed E-state index contributed by atoms with van der Waals surface area (Å²) in [7, 11) is 0. The van der Waals surface area contributed by atoms with Crippen LogP contribution >= 0.6 is 0 Å². The van der Waals surface area contributed by atoms with Gasteiger partial charge in [-0.15, -0.1) is 0 Å². The van der Waals surface area contributed by atoms with Crippen LogP contribution in [0.15, 0.2) is 24.3 Å². The average Bonchev–Trinajstić information content (AvgIpc) is 3.28. The molecule has 120 valence electrons. The summed E-state index contributed by atoms with van der Waals surface area (Å²) in [6.45, 7) is 10.9. The zero-order valence-corrected chi connectivity index (χ0v) is 13.3. The van der Waals surface area contributed by atoms with Crippen molar-refractivity contribution in [2.24, 2.45) is 0 Å². The molecule has 2 rings (SSSR count). The first kappa shape index (κ1) is 16.4. The Bertz CT molecular complexity index is 560. The Kier molecular flexibility index (Phi) is 5.44. The van der Waals surface area contributed by atoms with E-state index in [1.54, 1.807) is 6.92 Å². The fourth-order valence-corrected chi connectivity index (χ4v) is 1.83. The maximum atomic E-state index is 11.2. The largest absolute Gasteiger partial charge is 0.491 e. The highest BCUT2D eigenvalue weighted by Crippen LogP contribution is 2.28. The lowest BCUT2D eigenvalue weighted by Crippen LogP contribution is -2.13. The van der Waals surface area contributed by atoms with Gasteiger partial charge < -0.3 is 18.9 Å². The van der Waals surface area contributed by atoms with Gasteiger partial charge in [-0.3, -0.25) is 0 Å². The van der Waals surface area contributed by atoms with Crippen molar-refractivity contribution in [3.8, 4) is 11.5 Å². The molecule has 1 aliphatic rings. The number of carbonyl (C=O) groups is 1. The highest BCUT2D eigenvalue weighted by molar-refractivity contribution is 5.86. The summed E-state index contributed by atoms with van der Waals surface area (Å²) in [4.78, 5) is 11.2. The Labute approximate surface area is 130 Å². The first-order valence-corrected chi connectivity index (χ1v) is 7.28. The summed E-state index contributed by atoms with van der Waals surface area (Å²) in [5, 5.41) is 0. The second kappa shape index (κ2) is 7.31. The fourth-order valence-electron chi connectivity index (χ4n) is 1.83. The SMILES string of the molecule is C=C(C)C(=O)OCCOc1cc(C)c(OCC2CO2)cc1C. The molecule has 0 bridgehead atoms. The molecule has 1 aromatic carbocycles. The molecule has 1 aromatic rings. The monoisotopic (exact) mass is 306 g/mol. The zero-order chi connectivity index (χ0) is 16.1. The van der Waals surface area contributed by atoms with Crippen LogP contribution in [0.25, 0.3) is 0 Å². The van der Waals surface area contributed by atoms with Crippen molar-refractivity contribution >= 4 is 5.97 Å². The van der Waals surface area contributed by atoms with Crippen LogP contribution in [0.1, 0.15) is 18.1 Å². The van der Waals surface area contributed by atoms with Crippen LogP contribution in [0.5, 0.6) is 11.5 Å². The number of benzene rings is 1. The van der Waals surface area contributed by atoms with Crippen molar-refractivity contribution in [1.82, 2.24) is 0 Å². The summed E-state index contributed by atoms with van der Waals surface area (Å²) in [6.07, 6.45) is 0.235. The Hall–Kier alpha value is -2.01. The lowest BCUT2D eigenvalue weighted by Gasteiger charge is -2.14. The topological polar surface area (TPSA) is 57.3 Å². The molecule has 1 saturated heterocycles. The summed E-state index contributed by atoms with van der Waals surface area (Å²) in [5.74, 6) is 1.20. The summed E-state index contributed by atoms with van der Waals surface area (Å²) in [6, 6.07) is 3.88. The van der Waals surface area contributed by atoms with E-state index in [-0.39, 0.29) is 12.7 Å². The number of ether oxygens (including phenoxy) is 4. The van der Waals surface area contributed by atoms with Gasteiger partial charge in [-0.25, -0.2) is 4.79 Å². The van der Waals surface area contributed by atoms with Gasteiger partial charge in [0.05, 0.1) is 6.61 Å². The van der Waals surface area contributed by atoms with E-state index in [2.05, 4.69) is 6.58 Å². The maximum Gasteiger partial charge on any atom is 0.333 e. The molecule has 0 radical (unpaired) electrons. The summed E-state index contributed by atoms with van der Waals surface area (Å²) < 4.78 is 21.5. The van der Waals surface area contributed by atoms with E-state index in [4.69, 9.17) is 18.9 Å². The molecule has 0 aliphatic carbocycles. The predicted octanol–water partition coefficient (Wildman–Crippen LogP) is 2.58. The molecule has 1 unspecified atom stereocenters. The minimum absolute atomic E-state index is 0.196. The highest BCUT2D eigenvalue weighted by Gasteiger charge is 2.23. The van der Waals surface area contributed by atoms with Crippen LogP contribution in [0, 0.1) is 13.8 Å². The number of hydrogen-bond acceptors (Lipinski definition) is 5. The first-order valence-electron chi connectivity index (χ1n) is 7.28. The van der Waals surface area contributed by atoms with Crippen molar-refractivity contribution in [3.63, 3.8) is 0 Å². The van der Waals surface area contributed by atoms with Gasteiger partial charge >= 0.3 is 5.97 Å². The van der Waals surface area contributed by atoms with Crippen LogP contribution in [0.3, 0.4) is 0 Å². The maximum absolute atomic E-state index is 11.2. The zero-order valence-electron chi connectivity index (χ0n) is 13.3. The number of rotatable bonds is 8. The van der Waals surface area contributed by atoms with Gasteiger partial charge in [-0.05, 0) is 44.0 Å². The van der Waals surface area contributed by atoms with E-state index in [0.717, 1.165) is 29.2 Å². The Balaban J connectivity index is 1.84. The van der Waals surface area contributed by atoms with Crippen molar-refractivity contribution in [3.05, 3.63) is 35.4 Å². The number of epoxide rings is 1. The second-order valence-electron chi connectivity index (χ2n) is 5.41. The Morgan fingerprint density at radius 1 is 1.23 bits per heavy atom. The number of aryl methyl sites for hydroxylation is 2. The molecule has 1 atom stereocenters. The lowest BCUT2D eigenvalue weighted by molar-refractivity contribution is -0.139. The summed E-state index contributed by atoms with van der Waals surface area (Å²) >= 11 is 0. The molecule has 1 heterocycles. The van der Waals surface area contributed by atoms with E-state index in [0.29, 0.717) is 18.8 Å². The molecule has 0 spiro atoms. The standard InChI is InChI=1S/C17H22O5/c1-11(2)17(18)20-6-5-19-15-7-13(4)16(8-12(15)3)22-10-14-9-21-14/h7-8,14H,1,5-6,9-10H2,2-4H3. The van der Waals surface area contributed by atoms with Crippen LogP contribution in [-0.4, -0.2) is 38.5 Å². The van der Waals surface area contributed by atoms with E-state index in [9.17, 15) is 4.79 Å². The van der Waals surface area contributed by atoms with Gasteiger partial charge in [-0.2, -0.15) is 0 Å². The normalized spacial score (nSPS) is 16.0. The van der Waals surface area contributed by atoms with Gasteiger partial charge in [0.25, 0.3) is 0 Å². The molecule has 0 saturated carbocycles. The number of esters is 1. The molecule has 22 heavy (non-hydrogen) atoms. The van der Waals surface area contributed by atoms with Crippen molar-refractivity contribution < 1.29 is 23.7 Å². The second-order valence-corrected chi connectivity index (χ2v) is 5.41. The molecule has 1 fully saturated rings. The molecular formula is C17H22O5. The van der Waals surface area contributed by atoms with Crippen LogP contribution in [-0.2, 0) is 14.3 Å². The van der Waals surface area contributed by atoms with Gasteiger partial charge in [0.1, 0.15) is 37.4 Å². The van der Waals surface area contributed by atoms with E-state index in [1.165, 1.54) is 0 Å². The molecular weight excluding hydrogens is 284 g/mol. The Morgan fingerprint density at radius 2 is 1.82 bits per heavy atom. The molecule has 5 nitrogen and oxygen atoms in total. The molecule has 5 heteroatoms. The molecule has 0 aromatic heterocycles. The number of hydrogen-bond donors (Lipinski definition) is 0. The van der Waals surface area contributed by atoms with Crippen molar-refractivity contribution in [2.45, 2.75) is 26.9 Å². The van der Waals surface area contributed by atoms with Gasteiger partial charge in [0.2, 0.25) is 0 Å². The smallest absolute Gasteiger partial charge is 0.333 e. The van der Waals surface area contributed by atoms with Crippen LogP contribution in [0.2, 0.25) is 0 Å². The van der Waals surface area contributed by atoms with Crippen molar-refractivity contribution in [1.29, 1.82) is 0 Å². The van der Waals surface area contributed by atoms with Crippen molar-refractivity contribution in [2.75, 3.05) is 26.4 Å². The van der Waals surface area contributed by atoms with E-state index < -0.39 is 5.97 Å². The van der Waals surface area contributed by atoms with E-state index >= 15 is 0 Å². The van der Waals surface area contributed by atoms with Crippen LogP contribution in [0.4, 0.5) is 0 Å². The van der Waals surface area contributed by atoms with Crippen LogP contribution < -0.4 is 9.47 Å². The molecule has 0 N–H and O–H groups in total. The number of carbonyl (C=O) groups excluding carboxylic acids is 1. The quantitative estimate of drug-likeness (QED) is 0.320. The minimum atomic E-state index is -0.400. The third-order valence-electron chi connectivity index (χ3n) is 3.22.